The fraction of sp³-hybridized carbons (Fsp3) is 0.429. The molecule has 4 N–H and O–H groups in total. The van der Waals surface area contributed by atoms with Gasteiger partial charge in [0.15, 0.2) is 5.85 Å². The second-order valence-electron chi connectivity index (χ2n) is 4.69. The van der Waals surface area contributed by atoms with Crippen molar-refractivity contribution in [1.29, 1.82) is 0 Å². The van der Waals surface area contributed by atoms with Crippen LogP contribution in [0, 0.1) is 0 Å². The molecule has 0 spiro atoms. The zero-order valence-corrected chi connectivity index (χ0v) is 12.5. The topological polar surface area (TPSA) is 89.8 Å². The van der Waals surface area contributed by atoms with Gasteiger partial charge < -0.3 is 20.2 Å². The highest BCUT2D eigenvalue weighted by molar-refractivity contribution is 7.52. The van der Waals surface area contributed by atoms with Gasteiger partial charge in [-0.2, -0.15) is 0 Å². The molecule has 1 aromatic carbocycles. The molecule has 112 valence electrons. The molecule has 0 aromatic heterocycles. The molecule has 0 fully saturated rings. The summed E-state index contributed by atoms with van der Waals surface area (Å²) in [6, 6.07) is 7.99. The van der Waals surface area contributed by atoms with Gasteiger partial charge >= 0.3 is 7.60 Å². The van der Waals surface area contributed by atoms with Crippen LogP contribution >= 0.6 is 7.60 Å². The fourth-order valence-corrected chi connectivity index (χ4v) is 2.16. The first-order valence-corrected chi connectivity index (χ1v) is 8.24. The minimum atomic E-state index is -4.38. The molecule has 0 saturated heterocycles. The summed E-state index contributed by atoms with van der Waals surface area (Å²) >= 11 is 0. The van der Waals surface area contributed by atoms with E-state index in [2.05, 4.69) is 18.8 Å². The Morgan fingerprint density at radius 2 is 1.95 bits per heavy atom. The van der Waals surface area contributed by atoms with Crippen LogP contribution in [-0.2, 0) is 11.1 Å². The molecule has 0 aliphatic carbocycles. The summed E-state index contributed by atoms with van der Waals surface area (Å²) in [6.07, 6.45) is 0.937. The smallest absolute Gasteiger partial charge is 0.353 e. The molecular weight excluding hydrogens is 277 g/mol. The van der Waals surface area contributed by atoms with Gasteiger partial charge in [0, 0.05) is 6.54 Å². The summed E-state index contributed by atoms with van der Waals surface area (Å²) in [6.45, 7) is 6.97. The molecule has 5 nitrogen and oxygen atoms in total. The second kappa shape index (κ2) is 7.72. The summed E-state index contributed by atoms with van der Waals surface area (Å²) in [5.41, 5.74) is 3.28. The van der Waals surface area contributed by atoms with Gasteiger partial charge in [-0.25, -0.2) is 0 Å². The predicted molar refractivity (Wildman–Crippen MR) is 80.1 cm³/mol. The maximum absolute atomic E-state index is 10.7. The summed E-state index contributed by atoms with van der Waals surface area (Å²) in [5, 5.41) is 12.2. The monoisotopic (exact) mass is 299 g/mol. The van der Waals surface area contributed by atoms with Crippen LogP contribution in [0.1, 0.15) is 30.9 Å². The maximum atomic E-state index is 10.7. The van der Waals surface area contributed by atoms with Gasteiger partial charge in [-0.3, -0.25) is 4.57 Å². The summed E-state index contributed by atoms with van der Waals surface area (Å²) in [5.74, 6) is -1.59. The van der Waals surface area contributed by atoms with Crippen LogP contribution in [0.5, 0.6) is 0 Å². The standard InChI is InChI=1S/C14H22NO4P/c1-3-11(2)13-6-4-12(5-7-13)10-15-9-8-14(16)20(17,18)19/h4-7,14-16H,2-3,8-10H2,1H3,(H2,17,18,19). The number of hydrogen-bond donors (Lipinski definition) is 4. The van der Waals surface area contributed by atoms with Gasteiger partial charge in [0.05, 0.1) is 0 Å². The van der Waals surface area contributed by atoms with Crippen molar-refractivity contribution in [2.75, 3.05) is 6.54 Å². The summed E-state index contributed by atoms with van der Waals surface area (Å²) in [4.78, 5) is 17.5. The number of allylic oxidation sites excluding steroid dienone is 1. The highest BCUT2D eigenvalue weighted by Crippen LogP contribution is 2.40. The van der Waals surface area contributed by atoms with Crippen LogP contribution in [0.3, 0.4) is 0 Å². The van der Waals surface area contributed by atoms with E-state index in [0.717, 1.165) is 23.1 Å². The van der Waals surface area contributed by atoms with Crippen LogP contribution in [-0.4, -0.2) is 27.3 Å². The highest BCUT2D eigenvalue weighted by Gasteiger charge is 2.25. The Kier molecular flexibility index (Phi) is 6.59. The average Bonchev–Trinajstić information content (AvgIpc) is 2.42. The molecule has 1 unspecified atom stereocenters. The third-order valence-electron chi connectivity index (χ3n) is 3.09. The molecule has 1 aromatic rings. The lowest BCUT2D eigenvalue weighted by atomic mass is 10.0. The van der Waals surface area contributed by atoms with Crippen LogP contribution in [0.25, 0.3) is 5.57 Å². The number of hydrogen-bond acceptors (Lipinski definition) is 3. The Balaban J connectivity index is 2.36. The van der Waals surface area contributed by atoms with Crippen LogP contribution < -0.4 is 5.32 Å². The minimum absolute atomic E-state index is 0.0228. The van der Waals surface area contributed by atoms with Gasteiger partial charge in [0.25, 0.3) is 0 Å². The third-order valence-corrected chi connectivity index (χ3v) is 4.12. The van der Waals surface area contributed by atoms with Crippen molar-refractivity contribution in [3.8, 4) is 0 Å². The first-order valence-electron chi connectivity index (χ1n) is 6.55. The molecular formula is C14H22NO4P. The van der Waals surface area contributed by atoms with Gasteiger partial charge in [0.1, 0.15) is 0 Å². The van der Waals surface area contributed by atoms with Crippen LogP contribution in [0.15, 0.2) is 30.8 Å². The van der Waals surface area contributed by atoms with E-state index in [1.807, 2.05) is 24.3 Å². The zero-order chi connectivity index (χ0) is 15.2. The lowest BCUT2D eigenvalue weighted by Gasteiger charge is -2.12. The Morgan fingerprint density at radius 1 is 1.35 bits per heavy atom. The second-order valence-corrected chi connectivity index (χ2v) is 6.46. The number of benzene rings is 1. The zero-order valence-electron chi connectivity index (χ0n) is 11.6. The number of aliphatic hydroxyl groups excluding tert-OH is 1. The van der Waals surface area contributed by atoms with E-state index in [1.165, 1.54) is 0 Å². The Bertz CT molecular complexity index is 480. The first kappa shape index (κ1) is 17.1. The Morgan fingerprint density at radius 3 is 2.45 bits per heavy atom. The molecule has 0 aliphatic rings. The molecule has 0 amide bonds. The lowest BCUT2D eigenvalue weighted by Crippen LogP contribution is -2.20. The first-order chi connectivity index (χ1) is 9.34. The van der Waals surface area contributed by atoms with Crippen LogP contribution in [0.4, 0.5) is 0 Å². The average molecular weight is 299 g/mol. The lowest BCUT2D eigenvalue weighted by molar-refractivity contribution is 0.193. The van der Waals surface area contributed by atoms with Gasteiger partial charge in [-0.15, -0.1) is 0 Å². The molecule has 0 aliphatic heterocycles. The Labute approximate surface area is 119 Å². The van der Waals surface area contributed by atoms with Gasteiger partial charge in [0.2, 0.25) is 0 Å². The molecule has 6 heteroatoms. The van der Waals surface area contributed by atoms with Crippen molar-refractivity contribution < 1.29 is 19.5 Å². The molecule has 0 heterocycles. The fourth-order valence-electron chi connectivity index (χ4n) is 1.69. The van der Waals surface area contributed by atoms with Crippen molar-refractivity contribution in [2.45, 2.75) is 32.2 Å². The molecule has 1 rings (SSSR count). The quantitative estimate of drug-likeness (QED) is 0.436. The minimum Gasteiger partial charge on any atom is -0.380 e. The van der Waals surface area contributed by atoms with E-state index in [0.29, 0.717) is 13.1 Å². The SMILES string of the molecule is C=C(CC)c1ccc(CNCCC(O)P(=O)(O)O)cc1. The number of nitrogens with one attached hydrogen (secondary N) is 1. The normalized spacial score (nSPS) is 13.2. The number of rotatable bonds is 8. The van der Waals surface area contributed by atoms with E-state index in [9.17, 15) is 9.67 Å². The molecule has 20 heavy (non-hydrogen) atoms. The maximum Gasteiger partial charge on any atom is 0.353 e. The third kappa shape index (κ3) is 5.57. The van der Waals surface area contributed by atoms with Crippen LogP contribution in [0.2, 0.25) is 0 Å². The Hall–Kier alpha value is -0.970. The summed E-state index contributed by atoms with van der Waals surface area (Å²) < 4.78 is 10.7. The largest absolute Gasteiger partial charge is 0.380 e. The van der Waals surface area contributed by atoms with Crippen molar-refractivity contribution >= 4 is 13.2 Å². The van der Waals surface area contributed by atoms with E-state index in [1.54, 1.807) is 0 Å². The van der Waals surface area contributed by atoms with Crippen molar-refractivity contribution in [3.05, 3.63) is 42.0 Å². The van der Waals surface area contributed by atoms with Gasteiger partial charge in [-0.1, -0.05) is 37.8 Å². The van der Waals surface area contributed by atoms with E-state index < -0.39 is 13.4 Å². The molecule has 0 saturated carbocycles. The van der Waals surface area contributed by atoms with Crippen molar-refractivity contribution in [2.24, 2.45) is 0 Å². The number of aliphatic hydroxyl groups is 1. The molecule has 1 atom stereocenters. The van der Waals surface area contributed by atoms with E-state index >= 15 is 0 Å². The van der Waals surface area contributed by atoms with E-state index in [4.69, 9.17) is 9.79 Å². The molecule has 0 bridgehead atoms. The van der Waals surface area contributed by atoms with Crippen molar-refractivity contribution in [1.82, 2.24) is 5.32 Å². The van der Waals surface area contributed by atoms with Crippen molar-refractivity contribution in [3.63, 3.8) is 0 Å². The van der Waals surface area contributed by atoms with E-state index in [-0.39, 0.29) is 6.42 Å². The summed E-state index contributed by atoms with van der Waals surface area (Å²) in [7, 11) is -4.38. The van der Waals surface area contributed by atoms with Gasteiger partial charge in [-0.05, 0) is 36.1 Å². The molecule has 0 radical (unpaired) electrons. The highest BCUT2D eigenvalue weighted by atomic mass is 31.2. The predicted octanol–water partition coefficient (Wildman–Crippen LogP) is 2.09.